The number of nitrogens with one attached hydrogen (secondary N) is 1. The second kappa shape index (κ2) is 5.25. The van der Waals surface area contributed by atoms with Crippen molar-refractivity contribution in [3.63, 3.8) is 0 Å². The number of anilines is 1. The van der Waals surface area contributed by atoms with Crippen molar-refractivity contribution >= 4 is 22.5 Å². The SMILES string of the molecule is Cc1ccc(C(=O)Nc2cccc3cccnc23)c(O)c1. The number of aryl methyl sites for hydroxylation is 1. The van der Waals surface area contributed by atoms with Gasteiger partial charge in [-0.15, -0.1) is 0 Å². The van der Waals surface area contributed by atoms with Crippen LogP contribution >= 0.6 is 0 Å². The molecular formula is C17H14N2O2. The molecule has 0 fully saturated rings. The average molecular weight is 278 g/mol. The number of phenols is 1. The third-order valence-electron chi connectivity index (χ3n) is 3.28. The second-order valence-electron chi connectivity index (χ2n) is 4.86. The Morgan fingerprint density at radius 1 is 1.14 bits per heavy atom. The van der Waals surface area contributed by atoms with Gasteiger partial charge in [0.25, 0.3) is 5.91 Å². The van der Waals surface area contributed by atoms with Gasteiger partial charge in [0.05, 0.1) is 16.8 Å². The Balaban J connectivity index is 1.97. The number of aromatic nitrogens is 1. The van der Waals surface area contributed by atoms with Gasteiger partial charge >= 0.3 is 0 Å². The first-order chi connectivity index (χ1) is 10.1. The highest BCUT2D eigenvalue weighted by molar-refractivity contribution is 6.09. The van der Waals surface area contributed by atoms with Crippen LogP contribution in [0.2, 0.25) is 0 Å². The van der Waals surface area contributed by atoms with E-state index in [0.29, 0.717) is 5.69 Å². The molecule has 0 unspecified atom stereocenters. The van der Waals surface area contributed by atoms with Crippen LogP contribution in [0.3, 0.4) is 0 Å². The third kappa shape index (κ3) is 2.56. The Morgan fingerprint density at radius 2 is 1.95 bits per heavy atom. The summed E-state index contributed by atoms with van der Waals surface area (Å²) in [6.07, 6.45) is 1.68. The molecule has 1 amide bonds. The highest BCUT2D eigenvalue weighted by atomic mass is 16.3. The maximum Gasteiger partial charge on any atom is 0.259 e. The standard InChI is InChI=1S/C17H14N2O2/c1-11-7-8-13(15(20)10-11)17(21)19-14-6-2-4-12-5-3-9-18-16(12)14/h2-10,20H,1H3,(H,19,21). The van der Waals surface area contributed by atoms with E-state index in [1.165, 1.54) is 0 Å². The van der Waals surface area contributed by atoms with Crippen LogP contribution in [0.25, 0.3) is 10.9 Å². The second-order valence-corrected chi connectivity index (χ2v) is 4.86. The van der Waals surface area contributed by atoms with Crippen molar-refractivity contribution in [1.82, 2.24) is 4.98 Å². The van der Waals surface area contributed by atoms with Crippen LogP contribution in [0.4, 0.5) is 5.69 Å². The van der Waals surface area contributed by atoms with Crippen LogP contribution in [0.1, 0.15) is 15.9 Å². The predicted molar refractivity (Wildman–Crippen MR) is 82.5 cm³/mol. The van der Waals surface area contributed by atoms with Crippen molar-refractivity contribution in [2.24, 2.45) is 0 Å². The van der Waals surface area contributed by atoms with E-state index in [1.54, 1.807) is 30.5 Å². The van der Waals surface area contributed by atoms with Gasteiger partial charge in [0, 0.05) is 11.6 Å². The minimum absolute atomic E-state index is 0.0271. The molecule has 1 heterocycles. The predicted octanol–water partition coefficient (Wildman–Crippen LogP) is 3.50. The summed E-state index contributed by atoms with van der Waals surface area (Å²) in [6, 6.07) is 14.3. The number of phenolic OH excluding ortho intramolecular Hbond substituents is 1. The van der Waals surface area contributed by atoms with Gasteiger partial charge in [-0.3, -0.25) is 9.78 Å². The Bertz CT molecular complexity index is 823. The summed E-state index contributed by atoms with van der Waals surface area (Å²) in [5.41, 5.74) is 2.49. The van der Waals surface area contributed by atoms with Crippen molar-refractivity contribution in [2.45, 2.75) is 6.92 Å². The van der Waals surface area contributed by atoms with Crippen LogP contribution in [-0.4, -0.2) is 16.0 Å². The number of benzene rings is 2. The number of aromatic hydroxyl groups is 1. The monoisotopic (exact) mass is 278 g/mol. The van der Waals surface area contributed by atoms with E-state index in [2.05, 4.69) is 10.3 Å². The van der Waals surface area contributed by atoms with E-state index in [0.717, 1.165) is 16.5 Å². The fraction of sp³-hybridized carbons (Fsp3) is 0.0588. The number of fused-ring (bicyclic) bond motifs is 1. The number of para-hydroxylation sites is 1. The van der Waals surface area contributed by atoms with Crippen molar-refractivity contribution in [3.8, 4) is 5.75 Å². The van der Waals surface area contributed by atoms with Crippen LogP contribution < -0.4 is 5.32 Å². The van der Waals surface area contributed by atoms with E-state index in [1.807, 2.05) is 31.2 Å². The van der Waals surface area contributed by atoms with Gasteiger partial charge in [0.1, 0.15) is 5.75 Å². The zero-order chi connectivity index (χ0) is 14.8. The van der Waals surface area contributed by atoms with Crippen molar-refractivity contribution < 1.29 is 9.90 Å². The van der Waals surface area contributed by atoms with Gasteiger partial charge in [0.2, 0.25) is 0 Å². The van der Waals surface area contributed by atoms with Crippen molar-refractivity contribution in [2.75, 3.05) is 5.32 Å². The van der Waals surface area contributed by atoms with E-state index < -0.39 is 0 Å². The molecule has 0 saturated heterocycles. The van der Waals surface area contributed by atoms with Crippen LogP contribution in [0, 0.1) is 6.92 Å². The summed E-state index contributed by atoms with van der Waals surface area (Å²) in [4.78, 5) is 16.6. The molecule has 0 aliphatic rings. The minimum Gasteiger partial charge on any atom is -0.507 e. The third-order valence-corrected chi connectivity index (χ3v) is 3.28. The lowest BCUT2D eigenvalue weighted by Crippen LogP contribution is -2.12. The molecular weight excluding hydrogens is 264 g/mol. The summed E-state index contributed by atoms with van der Waals surface area (Å²) in [5.74, 6) is -0.383. The molecule has 104 valence electrons. The highest BCUT2D eigenvalue weighted by Gasteiger charge is 2.12. The fourth-order valence-corrected chi connectivity index (χ4v) is 2.23. The maximum absolute atomic E-state index is 12.3. The van der Waals surface area contributed by atoms with E-state index in [-0.39, 0.29) is 17.2 Å². The number of nitrogens with zero attached hydrogens (tertiary/aromatic N) is 1. The van der Waals surface area contributed by atoms with E-state index >= 15 is 0 Å². The van der Waals surface area contributed by atoms with Crippen LogP contribution in [0.5, 0.6) is 5.75 Å². The normalized spacial score (nSPS) is 10.5. The van der Waals surface area contributed by atoms with Gasteiger partial charge in [-0.25, -0.2) is 0 Å². The molecule has 2 aromatic carbocycles. The van der Waals surface area contributed by atoms with Gasteiger partial charge in [0.15, 0.2) is 0 Å². The molecule has 4 heteroatoms. The number of carbonyl (C=O) groups is 1. The zero-order valence-corrected chi connectivity index (χ0v) is 11.5. The smallest absolute Gasteiger partial charge is 0.259 e. The lowest BCUT2D eigenvalue weighted by atomic mass is 10.1. The summed E-state index contributed by atoms with van der Waals surface area (Å²) in [7, 11) is 0. The fourth-order valence-electron chi connectivity index (χ4n) is 2.23. The largest absolute Gasteiger partial charge is 0.507 e. The Labute approximate surface area is 122 Å². The van der Waals surface area contributed by atoms with Gasteiger partial charge in [-0.1, -0.05) is 24.3 Å². The lowest BCUT2D eigenvalue weighted by molar-refractivity contribution is 0.102. The van der Waals surface area contributed by atoms with E-state index in [4.69, 9.17) is 0 Å². The molecule has 1 aromatic heterocycles. The number of carbonyl (C=O) groups excluding carboxylic acids is 1. The molecule has 0 aliphatic heterocycles. The Kier molecular flexibility index (Phi) is 3.28. The Morgan fingerprint density at radius 3 is 2.76 bits per heavy atom. The molecule has 3 rings (SSSR count). The maximum atomic E-state index is 12.3. The molecule has 0 atom stereocenters. The molecule has 2 N–H and O–H groups in total. The first-order valence-electron chi connectivity index (χ1n) is 6.60. The van der Waals surface area contributed by atoms with Crippen molar-refractivity contribution in [1.29, 1.82) is 0 Å². The van der Waals surface area contributed by atoms with Crippen LogP contribution in [-0.2, 0) is 0 Å². The minimum atomic E-state index is -0.356. The zero-order valence-electron chi connectivity index (χ0n) is 11.5. The molecule has 0 aliphatic carbocycles. The lowest BCUT2D eigenvalue weighted by Gasteiger charge is -2.09. The van der Waals surface area contributed by atoms with Gasteiger partial charge in [-0.05, 0) is 36.8 Å². The molecule has 0 saturated carbocycles. The first kappa shape index (κ1) is 13.1. The number of hydrogen-bond acceptors (Lipinski definition) is 3. The Hall–Kier alpha value is -2.88. The topological polar surface area (TPSA) is 62.2 Å². The number of rotatable bonds is 2. The molecule has 3 aromatic rings. The summed E-state index contributed by atoms with van der Waals surface area (Å²) in [6.45, 7) is 1.86. The molecule has 4 nitrogen and oxygen atoms in total. The number of amides is 1. The highest BCUT2D eigenvalue weighted by Crippen LogP contribution is 2.23. The molecule has 0 radical (unpaired) electrons. The summed E-state index contributed by atoms with van der Waals surface area (Å²) >= 11 is 0. The number of hydrogen-bond donors (Lipinski definition) is 2. The molecule has 0 bridgehead atoms. The molecule has 21 heavy (non-hydrogen) atoms. The average Bonchev–Trinajstić information content (AvgIpc) is 2.47. The van der Waals surface area contributed by atoms with Gasteiger partial charge in [-0.2, -0.15) is 0 Å². The first-order valence-corrected chi connectivity index (χ1v) is 6.60. The molecule has 0 spiro atoms. The van der Waals surface area contributed by atoms with Gasteiger partial charge < -0.3 is 10.4 Å². The van der Waals surface area contributed by atoms with Crippen molar-refractivity contribution in [3.05, 3.63) is 65.9 Å². The quantitative estimate of drug-likeness (QED) is 0.754. The van der Waals surface area contributed by atoms with E-state index in [9.17, 15) is 9.90 Å². The summed E-state index contributed by atoms with van der Waals surface area (Å²) in [5, 5.41) is 13.6. The van der Waals surface area contributed by atoms with Crippen LogP contribution in [0.15, 0.2) is 54.7 Å². The summed E-state index contributed by atoms with van der Waals surface area (Å²) < 4.78 is 0. The number of pyridine rings is 1.